The lowest BCUT2D eigenvalue weighted by atomic mass is 10.1. The Morgan fingerprint density at radius 2 is 1.91 bits per heavy atom. The summed E-state index contributed by atoms with van der Waals surface area (Å²) in [5.74, 6) is 0. The third-order valence-electron chi connectivity index (χ3n) is 3.50. The molecule has 0 aliphatic carbocycles. The number of aryl methyl sites for hydroxylation is 1. The van der Waals surface area contributed by atoms with Crippen molar-refractivity contribution in [3.63, 3.8) is 0 Å². The second kappa shape index (κ2) is 6.86. The van der Waals surface area contributed by atoms with Gasteiger partial charge in [-0.3, -0.25) is 0 Å². The largest absolute Gasteiger partial charge is 0.472 e. The Bertz CT molecular complexity index is 917. The number of hydrogen-bond donors (Lipinski definition) is 0. The van der Waals surface area contributed by atoms with E-state index in [-0.39, 0.29) is 24.8 Å². The summed E-state index contributed by atoms with van der Waals surface area (Å²) in [7, 11) is 0. The topological polar surface area (TPSA) is 43.9 Å². The van der Waals surface area contributed by atoms with Crippen LogP contribution in [-0.4, -0.2) is 14.5 Å². The molecule has 4 rings (SSSR count). The van der Waals surface area contributed by atoms with Crippen LogP contribution < -0.4 is 0 Å². The van der Waals surface area contributed by atoms with Crippen molar-refractivity contribution in [3.05, 3.63) is 67.1 Å². The molecule has 4 nitrogen and oxygen atoms in total. The van der Waals surface area contributed by atoms with Crippen LogP contribution in [0.5, 0.6) is 0 Å². The molecule has 23 heavy (non-hydrogen) atoms. The lowest BCUT2D eigenvalue weighted by Crippen LogP contribution is -1.91. The number of imidazole rings is 1. The molecule has 0 saturated heterocycles. The quantitative estimate of drug-likeness (QED) is 0.521. The molecule has 4 aromatic rings. The molecule has 0 spiro atoms. The predicted molar refractivity (Wildman–Crippen MR) is 95.8 cm³/mol. The maximum atomic E-state index is 5.11. The van der Waals surface area contributed by atoms with Gasteiger partial charge in [0.25, 0.3) is 0 Å². The van der Waals surface area contributed by atoms with Gasteiger partial charge < -0.3 is 8.98 Å². The summed E-state index contributed by atoms with van der Waals surface area (Å²) in [6.07, 6.45) is 7.20. The number of furan rings is 1. The Labute approximate surface area is 146 Å². The number of hydrogen-bond acceptors (Lipinski definition) is 3. The number of aromatic nitrogens is 3. The van der Waals surface area contributed by atoms with Crippen molar-refractivity contribution >= 4 is 35.7 Å². The van der Waals surface area contributed by atoms with Crippen LogP contribution in [0.1, 0.15) is 5.69 Å². The smallest absolute Gasteiger partial charge is 0.0996 e. The van der Waals surface area contributed by atoms with Gasteiger partial charge in [0, 0.05) is 22.8 Å². The van der Waals surface area contributed by atoms with E-state index in [9.17, 15) is 0 Å². The van der Waals surface area contributed by atoms with E-state index in [1.165, 1.54) is 0 Å². The van der Waals surface area contributed by atoms with Crippen LogP contribution in [0.15, 0.2) is 65.9 Å². The van der Waals surface area contributed by atoms with Crippen molar-refractivity contribution in [2.24, 2.45) is 0 Å². The van der Waals surface area contributed by atoms with E-state index in [1.807, 2.05) is 42.2 Å². The fraction of sp³-hybridized carbons (Fsp3) is 0.0588. The standard InChI is InChI=1S/C17H13N3O.2ClH/c1-12-9-20(11-18-12)15-3-5-16-13(8-15)2-4-17(19-16)14-6-7-21-10-14;;/h2-11H,1H3;2*1H. The van der Waals surface area contributed by atoms with E-state index in [0.29, 0.717) is 0 Å². The first-order valence-electron chi connectivity index (χ1n) is 6.74. The predicted octanol–water partition coefficient (Wildman–Crippen LogP) is 4.83. The van der Waals surface area contributed by atoms with Gasteiger partial charge in [-0.25, -0.2) is 9.97 Å². The van der Waals surface area contributed by atoms with Crippen molar-refractivity contribution in [2.45, 2.75) is 6.92 Å². The number of benzene rings is 1. The average molecular weight is 348 g/mol. The van der Waals surface area contributed by atoms with Crippen LogP contribution in [0.2, 0.25) is 0 Å². The van der Waals surface area contributed by atoms with Gasteiger partial charge in [0.15, 0.2) is 0 Å². The Morgan fingerprint density at radius 3 is 2.61 bits per heavy atom. The summed E-state index contributed by atoms with van der Waals surface area (Å²) in [5, 5.41) is 1.10. The van der Waals surface area contributed by atoms with Crippen molar-refractivity contribution < 1.29 is 4.42 Å². The van der Waals surface area contributed by atoms with Crippen LogP contribution in [-0.2, 0) is 0 Å². The highest BCUT2D eigenvalue weighted by Crippen LogP contribution is 2.23. The SMILES string of the molecule is Cc1cn(-c2ccc3nc(-c4ccoc4)ccc3c2)cn1.Cl.Cl. The maximum Gasteiger partial charge on any atom is 0.0996 e. The van der Waals surface area contributed by atoms with Gasteiger partial charge in [0.2, 0.25) is 0 Å². The highest BCUT2D eigenvalue weighted by Gasteiger charge is 2.04. The number of fused-ring (bicyclic) bond motifs is 1. The molecule has 1 aromatic carbocycles. The summed E-state index contributed by atoms with van der Waals surface area (Å²) >= 11 is 0. The zero-order valence-corrected chi connectivity index (χ0v) is 14.0. The van der Waals surface area contributed by atoms with E-state index in [2.05, 4.69) is 28.2 Å². The molecular formula is C17H15Cl2N3O. The zero-order chi connectivity index (χ0) is 14.2. The molecule has 0 aliphatic heterocycles. The van der Waals surface area contributed by atoms with Gasteiger partial charge in [0.05, 0.1) is 35.8 Å². The first-order chi connectivity index (χ1) is 10.3. The molecule has 0 amide bonds. The number of pyridine rings is 1. The van der Waals surface area contributed by atoms with Crippen LogP contribution >= 0.6 is 24.8 Å². The van der Waals surface area contributed by atoms with Gasteiger partial charge in [-0.2, -0.15) is 0 Å². The summed E-state index contributed by atoms with van der Waals surface area (Å²) in [5.41, 5.74) is 4.97. The highest BCUT2D eigenvalue weighted by molar-refractivity contribution is 5.85. The highest BCUT2D eigenvalue weighted by atomic mass is 35.5. The fourth-order valence-corrected chi connectivity index (χ4v) is 2.41. The van der Waals surface area contributed by atoms with E-state index >= 15 is 0 Å². The van der Waals surface area contributed by atoms with Crippen molar-refractivity contribution in [1.29, 1.82) is 0 Å². The van der Waals surface area contributed by atoms with E-state index in [4.69, 9.17) is 4.42 Å². The third-order valence-corrected chi connectivity index (χ3v) is 3.50. The molecular weight excluding hydrogens is 333 g/mol. The minimum Gasteiger partial charge on any atom is -0.472 e. The summed E-state index contributed by atoms with van der Waals surface area (Å²) in [6.45, 7) is 1.98. The molecule has 0 unspecified atom stereocenters. The van der Waals surface area contributed by atoms with Gasteiger partial charge >= 0.3 is 0 Å². The fourth-order valence-electron chi connectivity index (χ4n) is 2.41. The summed E-state index contributed by atoms with van der Waals surface area (Å²) < 4.78 is 7.12. The summed E-state index contributed by atoms with van der Waals surface area (Å²) in [6, 6.07) is 12.2. The molecule has 0 fully saturated rings. The second-order valence-corrected chi connectivity index (χ2v) is 5.01. The van der Waals surface area contributed by atoms with Gasteiger partial charge in [-0.15, -0.1) is 24.8 Å². The van der Waals surface area contributed by atoms with Crippen LogP contribution in [0.4, 0.5) is 0 Å². The Morgan fingerprint density at radius 1 is 1.04 bits per heavy atom. The van der Waals surface area contributed by atoms with E-state index in [1.54, 1.807) is 12.5 Å². The van der Waals surface area contributed by atoms with Gasteiger partial charge in [-0.05, 0) is 37.3 Å². The molecule has 0 radical (unpaired) electrons. The first kappa shape index (κ1) is 17.1. The molecule has 0 atom stereocenters. The molecule has 3 heterocycles. The molecule has 6 heteroatoms. The van der Waals surface area contributed by atoms with Gasteiger partial charge in [0.1, 0.15) is 0 Å². The van der Waals surface area contributed by atoms with Crippen molar-refractivity contribution in [2.75, 3.05) is 0 Å². The monoisotopic (exact) mass is 347 g/mol. The minimum absolute atomic E-state index is 0. The Kier molecular flexibility index (Phi) is 5.08. The minimum atomic E-state index is 0. The zero-order valence-electron chi connectivity index (χ0n) is 12.3. The maximum absolute atomic E-state index is 5.11. The van der Waals surface area contributed by atoms with Crippen molar-refractivity contribution in [1.82, 2.24) is 14.5 Å². The van der Waals surface area contributed by atoms with Crippen molar-refractivity contribution in [3.8, 4) is 16.9 Å². The number of nitrogens with zero attached hydrogens (tertiary/aromatic N) is 3. The molecule has 3 aromatic heterocycles. The van der Waals surface area contributed by atoms with Crippen LogP contribution in [0.25, 0.3) is 27.8 Å². The number of rotatable bonds is 2. The first-order valence-corrected chi connectivity index (χ1v) is 6.74. The van der Waals surface area contributed by atoms with Crippen LogP contribution in [0.3, 0.4) is 0 Å². The summed E-state index contributed by atoms with van der Waals surface area (Å²) in [4.78, 5) is 8.93. The van der Waals surface area contributed by atoms with Gasteiger partial charge in [-0.1, -0.05) is 6.07 Å². The molecule has 0 saturated carbocycles. The number of halogens is 2. The van der Waals surface area contributed by atoms with Crippen LogP contribution in [0, 0.1) is 6.92 Å². The lowest BCUT2D eigenvalue weighted by Gasteiger charge is -2.05. The Hall–Kier alpha value is -2.30. The normalized spacial score (nSPS) is 10.1. The molecule has 118 valence electrons. The van der Waals surface area contributed by atoms with E-state index in [0.717, 1.165) is 33.5 Å². The molecule has 0 aliphatic rings. The van der Waals surface area contributed by atoms with E-state index < -0.39 is 0 Å². The Balaban J connectivity index is 0.000000960. The molecule has 0 bridgehead atoms. The average Bonchev–Trinajstić information content (AvgIpc) is 3.17. The second-order valence-electron chi connectivity index (χ2n) is 5.01. The lowest BCUT2D eigenvalue weighted by molar-refractivity contribution is 0.568. The molecule has 0 N–H and O–H groups in total. The third kappa shape index (κ3) is 3.23.